The number of hydrogen-bond acceptors (Lipinski definition) is 4. The van der Waals surface area contributed by atoms with Crippen molar-refractivity contribution in [3.05, 3.63) is 100 Å². The van der Waals surface area contributed by atoms with Crippen molar-refractivity contribution in [3.63, 3.8) is 0 Å². The molecule has 0 atom stereocenters. The van der Waals surface area contributed by atoms with Crippen LogP contribution in [-0.4, -0.2) is 25.9 Å². The van der Waals surface area contributed by atoms with Gasteiger partial charge in [0.05, 0.1) is 4.90 Å². The van der Waals surface area contributed by atoms with E-state index in [-0.39, 0.29) is 17.0 Å². The van der Waals surface area contributed by atoms with Gasteiger partial charge in [-0.15, -0.1) is 0 Å². The molecule has 0 aliphatic carbocycles. The number of pyridine rings is 1. The largest absolute Gasteiger partial charge is 0.348 e. The molecule has 1 amide bonds. The quantitative estimate of drug-likeness (QED) is 0.672. The van der Waals surface area contributed by atoms with E-state index in [1.807, 2.05) is 30.3 Å². The Bertz CT molecular complexity index is 1150. The Morgan fingerprint density at radius 1 is 0.964 bits per heavy atom. The second-order valence-electron chi connectivity index (χ2n) is 5.94. The van der Waals surface area contributed by atoms with Gasteiger partial charge < -0.3 is 10.3 Å². The lowest BCUT2D eigenvalue weighted by molar-refractivity contribution is 0.0956. The summed E-state index contributed by atoms with van der Waals surface area (Å²) in [4.78, 5) is 27.0. The molecule has 1 heterocycles. The van der Waals surface area contributed by atoms with Crippen LogP contribution in [0.5, 0.6) is 0 Å². The summed E-state index contributed by atoms with van der Waals surface area (Å²) in [6, 6.07) is 18.8. The summed E-state index contributed by atoms with van der Waals surface area (Å²) in [7, 11) is -3.57. The van der Waals surface area contributed by atoms with Crippen LogP contribution in [0, 0.1) is 0 Å². The lowest BCUT2D eigenvalue weighted by Crippen LogP contribution is -2.29. The molecule has 0 saturated carbocycles. The van der Waals surface area contributed by atoms with Gasteiger partial charge in [-0.3, -0.25) is 9.59 Å². The summed E-state index contributed by atoms with van der Waals surface area (Å²) >= 11 is 0. The number of carbonyl (C=O) groups excluding carboxylic acids is 1. The van der Waals surface area contributed by atoms with E-state index in [1.54, 1.807) is 24.4 Å². The fourth-order valence-corrected chi connectivity index (χ4v) is 3.60. The third-order valence-corrected chi connectivity index (χ3v) is 5.46. The molecule has 0 bridgehead atoms. The van der Waals surface area contributed by atoms with Crippen molar-refractivity contribution in [1.82, 2.24) is 10.3 Å². The van der Waals surface area contributed by atoms with Gasteiger partial charge in [0.15, 0.2) is 9.84 Å². The van der Waals surface area contributed by atoms with Crippen molar-refractivity contribution in [3.8, 4) is 11.1 Å². The molecule has 0 radical (unpaired) electrons. The molecule has 0 aliphatic heterocycles. The minimum absolute atomic E-state index is 0.0279. The molecule has 1 aromatic heterocycles. The van der Waals surface area contributed by atoms with Crippen LogP contribution in [0.3, 0.4) is 0 Å². The molecule has 2 aromatic carbocycles. The predicted molar refractivity (Wildman–Crippen MR) is 108 cm³/mol. The number of aromatic amines is 1. The van der Waals surface area contributed by atoms with Gasteiger partial charge in [-0.05, 0) is 29.3 Å². The van der Waals surface area contributed by atoms with Crippen LogP contribution in [0.25, 0.3) is 11.1 Å². The fourth-order valence-electron chi connectivity index (χ4n) is 2.56. The topological polar surface area (TPSA) is 96.1 Å². The average molecular weight is 394 g/mol. The Hall–Kier alpha value is -3.45. The summed E-state index contributed by atoms with van der Waals surface area (Å²) in [5.74, 6) is -0.583. The van der Waals surface area contributed by atoms with Crippen LogP contribution in [-0.2, 0) is 9.84 Å². The summed E-state index contributed by atoms with van der Waals surface area (Å²) in [6.45, 7) is -0.0279. The van der Waals surface area contributed by atoms with Gasteiger partial charge in [0, 0.05) is 18.1 Å². The molecule has 0 saturated heterocycles. The first-order valence-corrected chi connectivity index (χ1v) is 10.0. The number of aromatic nitrogens is 1. The Balaban J connectivity index is 1.69. The number of benzene rings is 2. The third-order valence-electron chi connectivity index (χ3n) is 3.98. The van der Waals surface area contributed by atoms with Crippen molar-refractivity contribution >= 4 is 15.7 Å². The van der Waals surface area contributed by atoms with Crippen molar-refractivity contribution in [2.24, 2.45) is 0 Å². The fraction of sp³-hybridized carbons (Fsp3) is 0.0476. The van der Waals surface area contributed by atoms with Crippen molar-refractivity contribution in [2.45, 2.75) is 4.90 Å². The van der Waals surface area contributed by atoms with Gasteiger partial charge in [0.25, 0.3) is 11.5 Å². The number of amides is 1. The summed E-state index contributed by atoms with van der Waals surface area (Å²) in [5.41, 5.74) is 1.01. The zero-order valence-corrected chi connectivity index (χ0v) is 15.6. The van der Waals surface area contributed by atoms with Crippen LogP contribution in [0.1, 0.15) is 10.4 Å². The van der Waals surface area contributed by atoms with Gasteiger partial charge >= 0.3 is 0 Å². The molecule has 6 nitrogen and oxygen atoms in total. The van der Waals surface area contributed by atoms with E-state index >= 15 is 0 Å². The average Bonchev–Trinajstić information content (AvgIpc) is 2.73. The molecule has 2 N–H and O–H groups in total. The van der Waals surface area contributed by atoms with Crippen LogP contribution >= 0.6 is 0 Å². The standard InChI is InChI=1S/C21H18N2O4S/c24-20(22-12-7-13-28(26,27)18-10-5-2-6-11-18)19-14-17(15-23-21(19)25)16-8-3-1-4-9-16/h1-11,13-15H,12H2,(H,22,24)(H,23,25)/b13-7+. The molecular weight excluding hydrogens is 376 g/mol. The van der Waals surface area contributed by atoms with Crippen molar-refractivity contribution in [1.29, 1.82) is 0 Å². The van der Waals surface area contributed by atoms with Crippen molar-refractivity contribution < 1.29 is 13.2 Å². The van der Waals surface area contributed by atoms with Gasteiger partial charge in [-0.1, -0.05) is 54.6 Å². The molecule has 3 aromatic rings. The van der Waals surface area contributed by atoms with Gasteiger partial charge in [-0.25, -0.2) is 8.42 Å². The highest BCUT2D eigenvalue weighted by molar-refractivity contribution is 7.94. The molecule has 0 aliphatic rings. The van der Waals surface area contributed by atoms with Crippen LogP contribution in [0.4, 0.5) is 0 Å². The van der Waals surface area contributed by atoms with Crippen LogP contribution in [0.15, 0.2) is 94.1 Å². The molecule has 7 heteroatoms. The Morgan fingerprint density at radius 3 is 2.29 bits per heavy atom. The minimum Gasteiger partial charge on any atom is -0.348 e. The van der Waals surface area contributed by atoms with Gasteiger partial charge in [0.2, 0.25) is 0 Å². The first kappa shape index (κ1) is 19.3. The van der Waals surface area contributed by atoms with E-state index in [0.29, 0.717) is 5.56 Å². The molecule has 0 fully saturated rings. The van der Waals surface area contributed by atoms with E-state index in [0.717, 1.165) is 11.0 Å². The lowest BCUT2D eigenvalue weighted by Gasteiger charge is -2.05. The maximum absolute atomic E-state index is 12.3. The van der Waals surface area contributed by atoms with E-state index in [4.69, 9.17) is 0 Å². The number of hydrogen-bond donors (Lipinski definition) is 2. The summed E-state index contributed by atoms with van der Waals surface area (Å²) in [5, 5.41) is 3.57. The molecular formula is C21H18N2O4S. The third kappa shape index (κ3) is 4.63. The second-order valence-corrected chi connectivity index (χ2v) is 7.77. The van der Waals surface area contributed by atoms with Crippen LogP contribution in [0.2, 0.25) is 0 Å². The van der Waals surface area contributed by atoms with E-state index in [1.165, 1.54) is 24.3 Å². The Labute approximate surface area is 162 Å². The zero-order valence-electron chi connectivity index (χ0n) is 14.8. The lowest BCUT2D eigenvalue weighted by atomic mass is 10.1. The molecule has 0 unspecified atom stereocenters. The van der Waals surface area contributed by atoms with Gasteiger partial charge in [-0.2, -0.15) is 0 Å². The predicted octanol–water partition coefficient (Wildman–Crippen LogP) is 2.76. The summed E-state index contributed by atoms with van der Waals surface area (Å²) < 4.78 is 24.3. The number of sulfone groups is 1. The molecule has 142 valence electrons. The zero-order chi connectivity index (χ0) is 20.0. The maximum Gasteiger partial charge on any atom is 0.260 e. The maximum atomic E-state index is 12.3. The molecule has 28 heavy (non-hydrogen) atoms. The van der Waals surface area contributed by atoms with Crippen molar-refractivity contribution in [2.75, 3.05) is 6.54 Å². The Kier molecular flexibility index (Phi) is 5.86. The SMILES string of the molecule is O=C(NC/C=C/S(=O)(=O)c1ccccc1)c1cc(-c2ccccc2)c[nH]c1=O. The number of nitrogens with one attached hydrogen (secondary N) is 2. The highest BCUT2D eigenvalue weighted by atomic mass is 32.2. The second kappa shape index (κ2) is 8.49. The monoisotopic (exact) mass is 394 g/mol. The van der Waals surface area contributed by atoms with Gasteiger partial charge in [0.1, 0.15) is 5.56 Å². The van der Waals surface area contributed by atoms with E-state index in [9.17, 15) is 18.0 Å². The highest BCUT2D eigenvalue weighted by Gasteiger charge is 2.12. The number of H-pyrrole nitrogens is 1. The normalized spacial score (nSPS) is 11.4. The minimum atomic E-state index is -3.57. The highest BCUT2D eigenvalue weighted by Crippen LogP contribution is 2.17. The summed E-state index contributed by atoms with van der Waals surface area (Å²) in [6.07, 6.45) is 2.87. The smallest absolute Gasteiger partial charge is 0.260 e. The first-order chi connectivity index (χ1) is 13.5. The number of carbonyl (C=O) groups is 1. The molecule has 0 spiro atoms. The van der Waals surface area contributed by atoms with Crippen LogP contribution < -0.4 is 10.9 Å². The number of rotatable bonds is 6. The van der Waals surface area contributed by atoms with E-state index in [2.05, 4.69) is 10.3 Å². The Morgan fingerprint density at radius 2 is 1.61 bits per heavy atom. The first-order valence-electron chi connectivity index (χ1n) is 8.50. The van der Waals surface area contributed by atoms with E-state index < -0.39 is 21.3 Å². The molecule has 3 rings (SSSR count).